The minimum atomic E-state index is 0.0122. The summed E-state index contributed by atoms with van der Waals surface area (Å²) in [6.07, 6.45) is 6.49. The van der Waals surface area contributed by atoms with Gasteiger partial charge in [-0.3, -0.25) is 9.59 Å². The molecule has 3 rings (SSSR count). The van der Waals surface area contributed by atoms with E-state index in [1.165, 1.54) is 0 Å². The van der Waals surface area contributed by atoms with Crippen molar-refractivity contribution in [1.82, 2.24) is 10.2 Å². The van der Waals surface area contributed by atoms with Crippen molar-refractivity contribution >= 4 is 11.8 Å². The molecule has 3 N–H and O–H groups in total. The van der Waals surface area contributed by atoms with Gasteiger partial charge in [0, 0.05) is 31.5 Å². The fourth-order valence-corrected chi connectivity index (χ4v) is 3.41. The molecule has 1 heterocycles. The molecule has 0 spiro atoms. The van der Waals surface area contributed by atoms with Crippen LogP contribution in [-0.4, -0.2) is 41.4 Å². The highest BCUT2D eigenvalue weighted by Gasteiger charge is 2.39. The molecule has 1 saturated heterocycles. The summed E-state index contributed by atoms with van der Waals surface area (Å²) in [5.74, 6) is 0.597. The third kappa shape index (κ3) is 2.91. The quantitative estimate of drug-likeness (QED) is 0.772. The zero-order valence-corrected chi connectivity index (χ0v) is 11.3. The number of hydrogen-bond donors (Lipinski definition) is 2. The third-order valence-corrected chi connectivity index (χ3v) is 4.68. The molecule has 3 aliphatic rings. The number of carbonyl (C=O) groups excluding carboxylic acids is 2. The van der Waals surface area contributed by atoms with Gasteiger partial charge in [-0.2, -0.15) is 0 Å². The van der Waals surface area contributed by atoms with E-state index in [9.17, 15) is 9.59 Å². The second-order valence-electron chi connectivity index (χ2n) is 6.30. The molecule has 3 atom stereocenters. The second-order valence-corrected chi connectivity index (χ2v) is 6.30. The van der Waals surface area contributed by atoms with Crippen molar-refractivity contribution in [2.24, 2.45) is 11.7 Å². The normalized spacial score (nSPS) is 34.9. The molecule has 1 aliphatic heterocycles. The SMILES string of the molecule is N[C@@H]1CCC[C@H]1CC(=O)NC1CC(=O)N(C2CC2)C1. The predicted octanol–water partition coefficient (Wildman–Crippen LogP) is 0.383. The first-order chi connectivity index (χ1) is 9.13. The van der Waals surface area contributed by atoms with Gasteiger partial charge in [-0.1, -0.05) is 6.42 Å². The Morgan fingerprint density at radius 2 is 2.11 bits per heavy atom. The van der Waals surface area contributed by atoms with Crippen LogP contribution in [-0.2, 0) is 9.59 Å². The molecule has 2 aliphatic carbocycles. The lowest BCUT2D eigenvalue weighted by Gasteiger charge is -2.18. The number of carbonyl (C=O) groups is 2. The predicted molar refractivity (Wildman–Crippen MR) is 71.2 cm³/mol. The second kappa shape index (κ2) is 5.12. The lowest BCUT2D eigenvalue weighted by atomic mass is 9.99. The molecule has 0 aromatic heterocycles. The average Bonchev–Trinajstić information content (AvgIpc) is 3.03. The van der Waals surface area contributed by atoms with Crippen LogP contribution in [0.4, 0.5) is 0 Å². The van der Waals surface area contributed by atoms with Crippen LogP contribution in [0, 0.1) is 5.92 Å². The average molecular weight is 265 g/mol. The summed E-state index contributed by atoms with van der Waals surface area (Å²) in [5.41, 5.74) is 5.99. The van der Waals surface area contributed by atoms with Crippen LogP contribution in [0.3, 0.4) is 0 Å². The van der Waals surface area contributed by atoms with E-state index < -0.39 is 0 Å². The Labute approximate surface area is 113 Å². The highest BCUT2D eigenvalue weighted by molar-refractivity contribution is 5.82. The number of amides is 2. The number of likely N-dealkylation sites (tertiary alicyclic amines) is 1. The molecule has 0 aromatic carbocycles. The first-order valence-electron chi connectivity index (χ1n) is 7.48. The number of hydrogen-bond acceptors (Lipinski definition) is 3. The molecule has 0 aromatic rings. The minimum absolute atomic E-state index is 0.0122. The molecule has 0 radical (unpaired) electrons. The maximum absolute atomic E-state index is 12.0. The molecule has 0 bridgehead atoms. The van der Waals surface area contributed by atoms with Gasteiger partial charge >= 0.3 is 0 Å². The lowest BCUT2D eigenvalue weighted by molar-refractivity contribution is -0.128. The number of nitrogens with one attached hydrogen (secondary N) is 1. The van der Waals surface area contributed by atoms with Gasteiger partial charge in [-0.25, -0.2) is 0 Å². The third-order valence-electron chi connectivity index (χ3n) is 4.68. The smallest absolute Gasteiger partial charge is 0.225 e. The Bertz CT molecular complexity index is 381. The Morgan fingerprint density at radius 3 is 2.74 bits per heavy atom. The van der Waals surface area contributed by atoms with Crippen LogP contribution in [0.2, 0.25) is 0 Å². The van der Waals surface area contributed by atoms with Crippen molar-refractivity contribution in [2.45, 2.75) is 63.1 Å². The van der Waals surface area contributed by atoms with Crippen molar-refractivity contribution in [3.63, 3.8) is 0 Å². The van der Waals surface area contributed by atoms with Crippen molar-refractivity contribution in [3.05, 3.63) is 0 Å². The van der Waals surface area contributed by atoms with E-state index in [2.05, 4.69) is 5.32 Å². The van der Waals surface area contributed by atoms with Crippen LogP contribution in [0.15, 0.2) is 0 Å². The van der Waals surface area contributed by atoms with E-state index in [0.717, 1.165) is 32.1 Å². The molecule has 3 fully saturated rings. The van der Waals surface area contributed by atoms with Crippen LogP contribution in [0.25, 0.3) is 0 Å². The minimum Gasteiger partial charge on any atom is -0.351 e. The van der Waals surface area contributed by atoms with Crippen molar-refractivity contribution < 1.29 is 9.59 Å². The summed E-state index contributed by atoms with van der Waals surface area (Å²) in [5, 5.41) is 3.01. The van der Waals surface area contributed by atoms with E-state index in [1.807, 2.05) is 4.90 Å². The van der Waals surface area contributed by atoms with Gasteiger partial charge in [-0.15, -0.1) is 0 Å². The highest BCUT2D eigenvalue weighted by Crippen LogP contribution is 2.31. The summed E-state index contributed by atoms with van der Waals surface area (Å²) in [6, 6.07) is 0.648. The monoisotopic (exact) mass is 265 g/mol. The van der Waals surface area contributed by atoms with Crippen molar-refractivity contribution in [2.75, 3.05) is 6.54 Å². The topological polar surface area (TPSA) is 75.4 Å². The number of rotatable bonds is 4. The van der Waals surface area contributed by atoms with E-state index in [1.54, 1.807) is 0 Å². The summed E-state index contributed by atoms with van der Waals surface area (Å²) in [4.78, 5) is 25.7. The van der Waals surface area contributed by atoms with Crippen molar-refractivity contribution in [1.29, 1.82) is 0 Å². The largest absolute Gasteiger partial charge is 0.351 e. The van der Waals surface area contributed by atoms with Crippen molar-refractivity contribution in [3.8, 4) is 0 Å². The first kappa shape index (κ1) is 12.9. The maximum Gasteiger partial charge on any atom is 0.225 e. The number of nitrogens with two attached hydrogens (primary N) is 1. The molecule has 2 saturated carbocycles. The van der Waals surface area contributed by atoms with Crippen LogP contribution < -0.4 is 11.1 Å². The van der Waals surface area contributed by atoms with Crippen LogP contribution in [0.5, 0.6) is 0 Å². The molecule has 1 unspecified atom stereocenters. The van der Waals surface area contributed by atoms with Gasteiger partial charge in [0.2, 0.25) is 11.8 Å². The van der Waals surface area contributed by atoms with Gasteiger partial charge in [0.15, 0.2) is 0 Å². The van der Waals surface area contributed by atoms with E-state index >= 15 is 0 Å². The maximum atomic E-state index is 12.0. The van der Waals surface area contributed by atoms with Gasteiger partial charge in [0.25, 0.3) is 0 Å². The molecular formula is C14H23N3O2. The zero-order chi connectivity index (χ0) is 13.4. The van der Waals surface area contributed by atoms with Gasteiger partial charge in [-0.05, 0) is 31.6 Å². The van der Waals surface area contributed by atoms with Gasteiger partial charge < -0.3 is 16.0 Å². The summed E-state index contributed by atoms with van der Waals surface area (Å²) < 4.78 is 0. The fraction of sp³-hybridized carbons (Fsp3) is 0.857. The number of nitrogens with zero attached hydrogens (tertiary/aromatic N) is 1. The summed E-state index contributed by atoms with van der Waals surface area (Å²) in [6.45, 7) is 0.700. The van der Waals surface area contributed by atoms with Crippen LogP contribution in [0.1, 0.15) is 44.9 Å². The Morgan fingerprint density at radius 1 is 1.32 bits per heavy atom. The Kier molecular flexibility index (Phi) is 3.48. The molecule has 5 nitrogen and oxygen atoms in total. The van der Waals surface area contributed by atoms with E-state index in [4.69, 9.17) is 5.73 Å². The fourth-order valence-electron chi connectivity index (χ4n) is 3.41. The molecule has 2 amide bonds. The first-order valence-corrected chi connectivity index (χ1v) is 7.48. The molecule has 5 heteroatoms. The molecule has 19 heavy (non-hydrogen) atoms. The van der Waals surface area contributed by atoms with E-state index in [-0.39, 0.29) is 23.9 Å². The van der Waals surface area contributed by atoms with Gasteiger partial charge in [0.1, 0.15) is 0 Å². The molecular weight excluding hydrogens is 242 g/mol. The Hall–Kier alpha value is -1.10. The highest BCUT2D eigenvalue weighted by atomic mass is 16.2. The summed E-state index contributed by atoms with van der Waals surface area (Å²) in [7, 11) is 0. The van der Waals surface area contributed by atoms with Crippen LogP contribution >= 0.6 is 0 Å². The standard InChI is InChI=1S/C14H23N3O2/c15-12-3-1-2-9(12)6-13(18)16-10-7-14(19)17(8-10)11-4-5-11/h9-12H,1-8,15H2,(H,16,18)/t9-,10?,12+/m0/s1. The van der Waals surface area contributed by atoms with Gasteiger partial charge in [0.05, 0.1) is 6.04 Å². The van der Waals surface area contributed by atoms with E-state index in [0.29, 0.717) is 31.3 Å². The zero-order valence-electron chi connectivity index (χ0n) is 11.3. The Balaban J connectivity index is 1.46. The molecule has 106 valence electrons. The lowest BCUT2D eigenvalue weighted by Crippen LogP contribution is -2.39. The summed E-state index contributed by atoms with van der Waals surface area (Å²) >= 11 is 0.